The van der Waals surface area contributed by atoms with Crippen LogP contribution >= 0.6 is 0 Å². The molecule has 1 aromatic carbocycles. The molecule has 20 heavy (non-hydrogen) atoms. The standard InChI is InChI=1S/C16H21N3O/c1-11(12-6-8-14(17)9-7-12)10-15-18-16(19-20-15)13-4-2-3-5-13/h6-9,11,13H,2-5,10,17H2,1H3. The van der Waals surface area contributed by atoms with E-state index in [-0.39, 0.29) is 0 Å². The zero-order valence-electron chi connectivity index (χ0n) is 11.9. The van der Waals surface area contributed by atoms with Crippen LogP contribution in [0, 0.1) is 0 Å². The summed E-state index contributed by atoms with van der Waals surface area (Å²) < 4.78 is 5.41. The Morgan fingerprint density at radius 2 is 1.95 bits per heavy atom. The quantitative estimate of drug-likeness (QED) is 0.862. The van der Waals surface area contributed by atoms with Gasteiger partial charge in [0.2, 0.25) is 5.89 Å². The van der Waals surface area contributed by atoms with Crippen molar-refractivity contribution in [1.29, 1.82) is 0 Å². The van der Waals surface area contributed by atoms with E-state index in [1.807, 2.05) is 12.1 Å². The minimum atomic E-state index is 0.354. The normalized spacial score (nSPS) is 17.4. The van der Waals surface area contributed by atoms with Crippen molar-refractivity contribution >= 4 is 5.69 Å². The molecule has 106 valence electrons. The first-order valence-electron chi connectivity index (χ1n) is 7.40. The van der Waals surface area contributed by atoms with Gasteiger partial charge in [0.25, 0.3) is 0 Å². The molecule has 0 radical (unpaired) electrons. The molecule has 1 atom stereocenters. The number of nitrogens with two attached hydrogens (primary N) is 1. The van der Waals surface area contributed by atoms with Gasteiger partial charge in [-0.3, -0.25) is 0 Å². The second kappa shape index (κ2) is 5.65. The highest BCUT2D eigenvalue weighted by molar-refractivity contribution is 5.40. The zero-order chi connectivity index (χ0) is 13.9. The van der Waals surface area contributed by atoms with Crippen LogP contribution in [0.4, 0.5) is 5.69 Å². The summed E-state index contributed by atoms with van der Waals surface area (Å²) >= 11 is 0. The van der Waals surface area contributed by atoms with Gasteiger partial charge in [-0.25, -0.2) is 0 Å². The lowest BCUT2D eigenvalue weighted by atomic mass is 9.97. The highest BCUT2D eigenvalue weighted by atomic mass is 16.5. The lowest BCUT2D eigenvalue weighted by Crippen LogP contribution is -2.00. The fourth-order valence-electron chi connectivity index (χ4n) is 2.91. The fourth-order valence-corrected chi connectivity index (χ4v) is 2.91. The molecule has 0 spiro atoms. The Labute approximate surface area is 119 Å². The zero-order valence-corrected chi connectivity index (χ0v) is 11.9. The second-order valence-corrected chi connectivity index (χ2v) is 5.80. The monoisotopic (exact) mass is 271 g/mol. The van der Waals surface area contributed by atoms with Gasteiger partial charge in [0, 0.05) is 18.0 Å². The van der Waals surface area contributed by atoms with Crippen LogP contribution in [0.15, 0.2) is 28.8 Å². The number of aromatic nitrogens is 2. The molecule has 3 rings (SSSR count). The second-order valence-electron chi connectivity index (χ2n) is 5.80. The summed E-state index contributed by atoms with van der Waals surface area (Å²) in [5, 5.41) is 4.15. The predicted molar refractivity (Wildman–Crippen MR) is 78.5 cm³/mol. The minimum absolute atomic E-state index is 0.354. The molecule has 0 aliphatic heterocycles. The van der Waals surface area contributed by atoms with Crippen molar-refractivity contribution in [3.05, 3.63) is 41.5 Å². The first-order chi connectivity index (χ1) is 9.72. The predicted octanol–water partition coefficient (Wildman–Crippen LogP) is 3.66. The van der Waals surface area contributed by atoms with Crippen LogP contribution in [0.3, 0.4) is 0 Å². The van der Waals surface area contributed by atoms with Crippen molar-refractivity contribution < 1.29 is 4.52 Å². The molecular formula is C16H21N3O. The minimum Gasteiger partial charge on any atom is -0.399 e. The highest BCUT2D eigenvalue weighted by Crippen LogP contribution is 2.32. The number of rotatable bonds is 4. The average molecular weight is 271 g/mol. The molecule has 1 heterocycles. The third kappa shape index (κ3) is 2.84. The SMILES string of the molecule is CC(Cc1nc(C2CCCC2)no1)c1ccc(N)cc1. The van der Waals surface area contributed by atoms with E-state index in [0.717, 1.165) is 23.8 Å². The highest BCUT2D eigenvalue weighted by Gasteiger charge is 2.22. The number of anilines is 1. The first kappa shape index (κ1) is 13.2. The van der Waals surface area contributed by atoms with Crippen LogP contribution in [-0.4, -0.2) is 10.1 Å². The van der Waals surface area contributed by atoms with E-state index in [9.17, 15) is 0 Å². The first-order valence-corrected chi connectivity index (χ1v) is 7.40. The molecule has 4 heteroatoms. The van der Waals surface area contributed by atoms with Gasteiger partial charge in [-0.1, -0.05) is 37.1 Å². The van der Waals surface area contributed by atoms with Gasteiger partial charge in [0.05, 0.1) is 0 Å². The molecule has 4 nitrogen and oxygen atoms in total. The van der Waals surface area contributed by atoms with E-state index in [4.69, 9.17) is 10.3 Å². The molecular weight excluding hydrogens is 250 g/mol. The van der Waals surface area contributed by atoms with E-state index in [2.05, 4.69) is 29.2 Å². The molecule has 1 aliphatic rings. The Hall–Kier alpha value is -1.84. The molecule has 1 unspecified atom stereocenters. The Morgan fingerprint density at radius 1 is 1.25 bits per heavy atom. The van der Waals surface area contributed by atoms with E-state index >= 15 is 0 Å². The maximum Gasteiger partial charge on any atom is 0.227 e. The molecule has 1 aliphatic carbocycles. The number of nitrogen functional groups attached to an aromatic ring is 1. The van der Waals surface area contributed by atoms with E-state index in [1.165, 1.54) is 31.2 Å². The Bertz CT molecular complexity index is 555. The number of benzene rings is 1. The molecule has 1 saturated carbocycles. The van der Waals surface area contributed by atoms with Crippen LogP contribution in [0.1, 0.15) is 61.7 Å². The molecule has 0 amide bonds. The van der Waals surface area contributed by atoms with Crippen LogP contribution in [-0.2, 0) is 6.42 Å². The summed E-state index contributed by atoms with van der Waals surface area (Å²) in [5.74, 6) is 2.52. The van der Waals surface area contributed by atoms with Gasteiger partial charge in [0.1, 0.15) is 0 Å². The van der Waals surface area contributed by atoms with Crippen molar-refractivity contribution in [1.82, 2.24) is 10.1 Å². The molecule has 2 N–H and O–H groups in total. The smallest absolute Gasteiger partial charge is 0.227 e. The fraction of sp³-hybridized carbons (Fsp3) is 0.500. The Morgan fingerprint density at radius 3 is 2.65 bits per heavy atom. The van der Waals surface area contributed by atoms with Crippen molar-refractivity contribution in [2.24, 2.45) is 0 Å². The van der Waals surface area contributed by atoms with Gasteiger partial charge in [-0.15, -0.1) is 0 Å². The molecule has 0 bridgehead atoms. The summed E-state index contributed by atoms with van der Waals surface area (Å²) in [6.07, 6.45) is 5.76. The van der Waals surface area contributed by atoms with Crippen molar-refractivity contribution in [2.75, 3.05) is 5.73 Å². The van der Waals surface area contributed by atoms with Gasteiger partial charge >= 0.3 is 0 Å². The van der Waals surface area contributed by atoms with E-state index in [1.54, 1.807) is 0 Å². The van der Waals surface area contributed by atoms with Gasteiger partial charge in [-0.05, 0) is 36.5 Å². The van der Waals surface area contributed by atoms with Gasteiger partial charge < -0.3 is 10.3 Å². The Kier molecular flexibility index (Phi) is 3.72. The van der Waals surface area contributed by atoms with Crippen molar-refractivity contribution in [2.45, 2.75) is 50.9 Å². The maximum atomic E-state index is 5.71. The van der Waals surface area contributed by atoms with Crippen LogP contribution < -0.4 is 5.73 Å². The van der Waals surface area contributed by atoms with Crippen molar-refractivity contribution in [3.8, 4) is 0 Å². The lowest BCUT2D eigenvalue weighted by molar-refractivity contribution is 0.363. The number of nitrogens with zero attached hydrogens (tertiary/aromatic N) is 2. The maximum absolute atomic E-state index is 5.71. The molecule has 1 aromatic heterocycles. The van der Waals surface area contributed by atoms with Crippen molar-refractivity contribution in [3.63, 3.8) is 0 Å². The average Bonchev–Trinajstić information content (AvgIpc) is 3.09. The lowest BCUT2D eigenvalue weighted by Gasteiger charge is -2.09. The third-order valence-electron chi connectivity index (χ3n) is 4.19. The largest absolute Gasteiger partial charge is 0.399 e. The third-order valence-corrected chi connectivity index (χ3v) is 4.19. The summed E-state index contributed by atoms with van der Waals surface area (Å²) in [6.45, 7) is 2.17. The van der Waals surface area contributed by atoms with E-state index < -0.39 is 0 Å². The van der Waals surface area contributed by atoms with E-state index in [0.29, 0.717) is 11.8 Å². The summed E-state index contributed by atoms with van der Waals surface area (Å²) in [5.41, 5.74) is 7.76. The van der Waals surface area contributed by atoms with Crippen LogP contribution in [0.2, 0.25) is 0 Å². The summed E-state index contributed by atoms with van der Waals surface area (Å²) in [4.78, 5) is 4.57. The van der Waals surface area contributed by atoms with Gasteiger partial charge in [-0.2, -0.15) is 4.98 Å². The molecule has 2 aromatic rings. The van der Waals surface area contributed by atoms with Crippen LogP contribution in [0.25, 0.3) is 0 Å². The van der Waals surface area contributed by atoms with Crippen LogP contribution in [0.5, 0.6) is 0 Å². The molecule has 0 saturated heterocycles. The number of hydrogen-bond acceptors (Lipinski definition) is 4. The summed E-state index contributed by atoms with van der Waals surface area (Å²) in [7, 11) is 0. The summed E-state index contributed by atoms with van der Waals surface area (Å²) in [6, 6.07) is 8.00. The molecule has 1 fully saturated rings. The number of hydrogen-bond donors (Lipinski definition) is 1. The van der Waals surface area contributed by atoms with Gasteiger partial charge in [0.15, 0.2) is 5.82 Å². The topological polar surface area (TPSA) is 64.9 Å². The Balaban J connectivity index is 1.66.